The van der Waals surface area contributed by atoms with E-state index in [2.05, 4.69) is 0 Å². The summed E-state index contributed by atoms with van der Waals surface area (Å²) in [5.41, 5.74) is 0. The zero-order valence-electron chi connectivity index (χ0n) is 2.43. The van der Waals surface area contributed by atoms with Crippen molar-refractivity contribution in [3.05, 3.63) is 0 Å². The Kier molecular flexibility index (Phi) is 66.6. The Morgan fingerprint density at radius 1 is 1.60 bits per heavy atom. The van der Waals surface area contributed by atoms with Crippen LogP contribution in [-0.2, 0) is 27.9 Å². The molecule has 0 aliphatic heterocycles. The van der Waals surface area contributed by atoms with Crippen LogP contribution in [0, 0.1) is 0 Å². The van der Waals surface area contributed by atoms with Crippen molar-refractivity contribution in [1.29, 1.82) is 0 Å². The van der Waals surface area contributed by atoms with E-state index in [4.69, 9.17) is 9.59 Å². The molecule has 0 saturated heterocycles. The van der Waals surface area contributed by atoms with Gasteiger partial charge in [-0.05, 0) is 0 Å². The topological polar surface area (TPSA) is 34.1 Å². The zero-order chi connectivity index (χ0) is 4.71. The molecule has 0 aromatic carbocycles. The van der Waals surface area contributed by atoms with Gasteiger partial charge in [-0.1, -0.05) is 0 Å². The van der Waals surface area contributed by atoms with Crippen molar-refractivity contribution >= 4 is 11.7 Å². The van der Waals surface area contributed by atoms with E-state index in [-0.39, 0.29) is 0 Å². The van der Waals surface area contributed by atoms with Crippen LogP contribution >= 0.6 is 0 Å². The molecule has 0 aliphatic rings. The summed E-state index contributed by atoms with van der Waals surface area (Å²) in [5.74, 6) is 0. The molecule has 0 N–H and O–H groups in total. The first-order chi connectivity index (χ1) is 2.41. The van der Waals surface area contributed by atoms with Crippen LogP contribution < -0.4 is 0 Å². The van der Waals surface area contributed by atoms with E-state index in [0.29, 0.717) is 4.88 Å². The van der Waals surface area contributed by atoms with E-state index in [1.165, 1.54) is 0 Å². The predicted molar refractivity (Wildman–Crippen MR) is 13.9 cm³/mol. The number of carbonyl (C=O) groups excluding carboxylic acids is 2. The van der Waals surface area contributed by atoms with E-state index in [0.717, 1.165) is 0 Å². The van der Waals surface area contributed by atoms with Crippen molar-refractivity contribution in [2.24, 2.45) is 0 Å². The molecular weight excluding hydrogens is 159 g/mol. The molecule has 2 nitrogen and oxygen atoms in total. The summed E-state index contributed by atoms with van der Waals surface area (Å²) in [6.45, 7) is 2.00. The molecule has 0 aromatic rings. The van der Waals surface area contributed by atoms with Gasteiger partial charge in [-0.15, -0.1) is 0 Å². The van der Waals surface area contributed by atoms with Gasteiger partial charge in [0.1, 0.15) is 6.79 Å². The van der Waals surface area contributed by atoms with E-state index in [1.54, 1.807) is 0 Å². The maximum atomic E-state index is 8.76. The summed E-state index contributed by atoms with van der Waals surface area (Å²) in [6.07, 6.45) is 0. The summed E-state index contributed by atoms with van der Waals surface area (Å²) in [4.78, 5) is 17.4. The molecule has 0 spiro atoms. The van der Waals surface area contributed by atoms with Crippen molar-refractivity contribution in [2.75, 3.05) is 0 Å². The van der Waals surface area contributed by atoms with E-state index >= 15 is 0 Å². The van der Waals surface area contributed by atoms with Crippen LogP contribution in [0.25, 0.3) is 0 Å². The quantitative estimate of drug-likeness (QED) is 0.356. The van der Waals surface area contributed by atoms with Crippen molar-refractivity contribution in [2.45, 2.75) is 0 Å². The Bertz CT molecular complexity index is 21.6. The van der Waals surface area contributed by atoms with Gasteiger partial charge in [0, 0.05) is 0 Å². The monoisotopic (exact) mass is 162 g/mol. The van der Waals surface area contributed by atoms with Gasteiger partial charge < -0.3 is 4.79 Å². The molecule has 0 bridgehead atoms. The molecule has 0 aromatic heterocycles. The minimum absolute atomic E-state index is 0.640. The fourth-order valence-corrected chi connectivity index (χ4v) is 0. The van der Waals surface area contributed by atoms with Crippen LogP contribution in [0.15, 0.2) is 0 Å². The van der Waals surface area contributed by atoms with E-state index < -0.39 is 0 Å². The summed E-state index contributed by atoms with van der Waals surface area (Å²) in [5, 5.41) is 0. The number of hydrogen-bond donors (Lipinski definition) is 0. The summed E-state index contributed by atoms with van der Waals surface area (Å²) in [6, 6.07) is 0. The SMILES string of the molecule is C=O.O=[CH][Rh]. The predicted octanol–water partition coefficient (Wildman–Crippen LogP) is -0.461. The van der Waals surface area contributed by atoms with E-state index in [9.17, 15) is 0 Å². The number of rotatable bonds is 0. The summed E-state index contributed by atoms with van der Waals surface area (Å²) < 4.78 is 0. The van der Waals surface area contributed by atoms with Gasteiger partial charge in [-0.25, -0.2) is 0 Å². The summed E-state index contributed by atoms with van der Waals surface area (Å²) >= 11 is 2.04. The zero-order valence-corrected chi connectivity index (χ0v) is 4.07. The van der Waals surface area contributed by atoms with Crippen LogP contribution in [0.4, 0.5) is 0 Å². The first kappa shape index (κ1) is 8.88. The first-order valence-electron chi connectivity index (χ1n) is 0.717. The molecule has 0 radical (unpaired) electrons. The molecular formula is C2H3O2Rh. The van der Waals surface area contributed by atoms with Gasteiger partial charge >= 0.3 is 28.0 Å². The average molecular weight is 162 g/mol. The fraction of sp³-hybridized carbons (Fsp3) is 0. The Labute approximate surface area is 40.2 Å². The van der Waals surface area contributed by atoms with Gasteiger partial charge in [-0.3, -0.25) is 0 Å². The Balaban J connectivity index is 0. The van der Waals surface area contributed by atoms with Gasteiger partial charge in [0.15, 0.2) is 0 Å². The Morgan fingerprint density at radius 2 is 1.60 bits per heavy atom. The van der Waals surface area contributed by atoms with Crippen molar-refractivity contribution in [3.63, 3.8) is 0 Å². The third-order valence-electron chi connectivity index (χ3n) is 0. The molecule has 5 heavy (non-hydrogen) atoms. The second-order valence-electron chi connectivity index (χ2n) is 0.0786. The molecule has 0 fully saturated rings. The third-order valence-corrected chi connectivity index (χ3v) is 0. The second-order valence-corrected chi connectivity index (χ2v) is 0.465. The van der Waals surface area contributed by atoms with Crippen LogP contribution in [0.2, 0.25) is 0 Å². The second kappa shape index (κ2) is 37.5. The van der Waals surface area contributed by atoms with Crippen LogP contribution in [0.1, 0.15) is 0 Å². The number of carbonyl (C=O) groups is 2. The molecule has 0 heterocycles. The van der Waals surface area contributed by atoms with Gasteiger partial charge in [0.2, 0.25) is 0 Å². The molecule has 0 amide bonds. The normalized spacial score (nSPS) is 3.60. The van der Waals surface area contributed by atoms with Gasteiger partial charge in [-0.2, -0.15) is 0 Å². The molecule has 32 valence electrons. The molecule has 0 rings (SSSR count). The van der Waals surface area contributed by atoms with Crippen LogP contribution in [-0.4, -0.2) is 11.7 Å². The molecule has 0 atom stereocenters. The first-order valence-corrected chi connectivity index (χ1v) is 1.66. The van der Waals surface area contributed by atoms with Crippen molar-refractivity contribution in [1.82, 2.24) is 0 Å². The van der Waals surface area contributed by atoms with Crippen molar-refractivity contribution in [3.8, 4) is 0 Å². The van der Waals surface area contributed by atoms with Crippen molar-refractivity contribution < 1.29 is 27.9 Å². The van der Waals surface area contributed by atoms with Gasteiger partial charge in [0.05, 0.1) is 0 Å². The summed E-state index contributed by atoms with van der Waals surface area (Å²) in [7, 11) is 0. The molecule has 0 unspecified atom stereocenters. The van der Waals surface area contributed by atoms with E-state index in [1.807, 2.05) is 25.1 Å². The molecule has 0 aliphatic carbocycles. The standard InChI is InChI=1S/CH2O.CHO.Rh/c2*1-2;/h1H2;1H;. The van der Waals surface area contributed by atoms with Gasteiger partial charge in [0.25, 0.3) is 0 Å². The average Bonchev–Trinajstić information content (AvgIpc) is 1.46. The Hall–Kier alpha value is -0.0366. The Morgan fingerprint density at radius 3 is 1.60 bits per heavy atom. The number of hydrogen-bond acceptors (Lipinski definition) is 2. The fourth-order valence-electron chi connectivity index (χ4n) is 0. The molecule has 0 saturated carbocycles. The maximum absolute atomic E-state index is 8.76. The third kappa shape index (κ3) is 11400. The van der Waals surface area contributed by atoms with Crippen LogP contribution in [0.5, 0.6) is 0 Å². The molecule has 3 heteroatoms. The van der Waals surface area contributed by atoms with Crippen LogP contribution in [0.3, 0.4) is 0 Å². The minimum atomic E-state index is 0.640.